The summed E-state index contributed by atoms with van der Waals surface area (Å²) in [5.41, 5.74) is 2.65. The van der Waals surface area contributed by atoms with E-state index >= 15 is 0 Å². The highest BCUT2D eigenvalue weighted by Gasteiger charge is 2.67. The van der Waals surface area contributed by atoms with Gasteiger partial charge in [-0.1, -0.05) is 57.6 Å². The smallest absolute Gasteiger partial charge is 0.357 e. The van der Waals surface area contributed by atoms with Crippen LogP contribution in [0.15, 0.2) is 70.5 Å². The van der Waals surface area contributed by atoms with E-state index in [0.29, 0.717) is 24.0 Å². The predicted octanol–water partition coefficient (Wildman–Crippen LogP) is 9.38. The fourth-order valence-corrected chi connectivity index (χ4v) is 12.6. The van der Waals surface area contributed by atoms with Crippen LogP contribution < -0.4 is 5.32 Å². The van der Waals surface area contributed by atoms with Crippen LogP contribution in [0.25, 0.3) is 0 Å². The van der Waals surface area contributed by atoms with Gasteiger partial charge in [-0.05, 0) is 130 Å². The Balaban J connectivity index is 1.22. The standard InChI is InChI=1S/C42H55FNO8P/c1-9-51-53(49,52-10-2)36(27-11-13-28(43)14-12-27)44-34(46)25-50-37(48)39(5)18-17-38(4)19-21-41(7)32-16-15-29-26(3)35(47)31(45)23-30(29)40(32,6)20-22-42(41,8)33(38)24-39/h11-16,23,33,36,47H,9-10,17-22,24-25H2,1-8H3,(H,44,46)/t33-,36?,38-,39-,40+,41-,42+/m1/s1. The van der Waals surface area contributed by atoms with Crippen LogP contribution in [0.1, 0.15) is 112 Å². The first-order valence-corrected chi connectivity index (χ1v) is 20.6. The van der Waals surface area contributed by atoms with Crippen molar-refractivity contribution in [1.29, 1.82) is 0 Å². The zero-order valence-corrected chi connectivity index (χ0v) is 33.3. The van der Waals surface area contributed by atoms with E-state index in [9.17, 15) is 28.4 Å². The molecule has 6 rings (SSSR count). The Morgan fingerprint density at radius 2 is 1.60 bits per heavy atom. The van der Waals surface area contributed by atoms with Crippen LogP contribution in [0.3, 0.4) is 0 Å². The second kappa shape index (κ2) is 13.8. The van der Waals surface area contributed by atoms with E-state index in [0.717, 1.165) is 43.3 Å². The van der Waals surface area contributed by atoms with Crippen LogP contribution in [0.5, 0.6) is 0 Å². The number of rotatable bonds is 10. The Morgan fingerprint density at radius 3 is 2.25 bits per heavy atom. The number of nitrogens with one attached hydrogen (secondary N) is 1. The summed E-state index contributed by atoms with van der Waals surface area (Å²) in [6.07, 6.45) is 11.8. The van der Waals surface area contributed by atoms with Gasteiger partial charge in [-0.3, -0.25) is 18.9 Å². The molecule has 3 saturated carbocycles. The maximum absolute atomic E-state index is 14.0. The van der Waals surface area contributed by atoms with Gasteiger partial charge in [-0.2, -0.15) is 0 Å². The van der Waals surface area contributed by atoms with Gasteiger partial charge in [0.15, 0.2) is 18.1 Å². The van der Waals surface area contributed by atoms with Crippen molar-refractivity contribution in [3.8, 4) is 0 Å². The van der Waals surface area contributed by atoms with E-state index in [-0.39, 0.29) is 52.3 Å². The monoisotopic (exact) mass is 751 g/mol. The zero-order valence-electron chi connectivity index (χ0n) is 32.4. The molecule has 53 heavy (non-hydrogen) atoms. The van der Waals surface area contributed by atoms with Gasteiger partial charge in [0.05, 0.1) is 18.6 Å². The maximum Gasteiger partial charge on any atom is 0.357 e. The molecule has 1 aromatic carbocycles. The number of ketones is 1. The minimum absolute atomic E-state index is 0.0165. The number of halogens is 1. The molecule has 0 bridgehead atoms. The highest BCUT2D eigenvalue weighted by molar-refractivity contribution is 7.54. The van der Waals surface area contributed by atoms with Crippen molar-refractivity contribution in [2.45, 2.75) is 106 Å². The van der Waals surface area contributed by atoms with Gasteiger partial charge in [0, 0.05) is 11.0 Å². The van der Waals surface area contributed by atoms with Crippen molar-refractivity contribution in [3.63, 3.8) is 0 Å². The average molecular weight is 752 g/mol. The van der Waals surface area contributed by atoms with E-state index in [1.165, 1.54) is 29.8 Å². The van der Waals surface area contributed by atoms with Gasteiger partial charge < -0.3 is 24.2 Å². The molecule has 7 atom stereocenters. The SMILES string of the molecule is CCOP(=O)(OCC)C(NC(=O)COC(=O)[C@]1(C)CC[C@]2(C)CC[C@]3(C)C4=CC=C5C(=CC(=O)C(O)=C5C)[C@]4(C)CC[C@@]3(C)[C@@H]2C1)c1ccc(F)cc1. The molecule has 0 heterocycles. The summed E-state index contributed by atoms with van der Waals surface area (Å²) in [7, 11) is -3.93. The van der Waals surface area contributed by atoms with Gasteiger partial charge in [-0.25, -0.2) is 4.39 Å². The molecule has 1 amide bonds. The molecule has 11 heteroatoms. The number of amides is 1. The number of aliphatic hydroxyl groups excluding tert-OH is 1. The Hall–Kier alpha value is -3.33. The molecule has 0 saturated heterocycles. The number of hydrogen-bond acceptors (Lipinski definition) is 8. The first-order valence-electron chi connectivity index (χ1n) is 19.0. The maximum atomic E-state index is 14.0. The minimum atomic E-state index is -3.93. The van der Waals surface area contributed by atoms with Gasteiger partial charge in [-0.15, -0.1) is 0 Å². The summed E-state index contributed by atoms with van der Waals surface area (Å²) in [5, 5.41) is 13.1. The quantitative estimate of drug-likeness (QED) is 0.179. The summed E-state index contributed by atoms with van der Waals surface area (Å²) >= 11 is 0. The third-order valence-electron chi connectivity index (χ3n) is 14.1. The van der Waals surface area contributed by atoms with Crippen molar-refractivity contribution in [2.24, 2.45) is 33.0 Å². The lowest BCUT2D eigenvalue weighted by Gasteiger charge is -2.70. The molecule has 1 unspecified atom stereocenters. The number of aliphatic hydroxyl groups is 1. The first kappa shape index (κ1) is 39.4. The van der Waals surface area contributed by atoms with Crippen LogP contribution in [0.2, 0.25) is 0 Å². The molecule has 2 N–H and O–H groups in total. The van der Waals surface area contributed by atoms with Crippen LogP contribution in [-0.4, -0.2) is 42.6 Å². The Bertz CT molecular complexity index is 1870. The third-order valence-corrected chi connectivity index (χ3v) is 16.4. The molecule has 5 aliphatic rings. The first-order chi connectivity index (χ1) is 24.8. The van der Waals surface area contributed by atoms with Crippen molar-refractivity contribution in [3.05, 3.63) is 81.9 Å². The lowest BCUT2D eigenvalue weighted by Crippen LogP contribution is -2.62. The topological polar surface area (TPSA) is 128 Å². The summed E-state index contributed by atoms with van der Waals surface area (Å²) in [6.45, 7) is 16.0. The van der Waals surface area contributed by atoms with Crippen molar-refractivity contribution < 1.29 is 42.2 Å². The van der Waals surface area contributed by atoms with E-state index in [4.69, 9.17) is 13.8 Å². The molecule has 0 aliphatic heterocycles. The number of allylic oxidation sites excluding steroid dienone is 7. The Kier molecular flexibility index (Phi) is 10.2. The molecule has 1 aromatic rings. The normalized spacial score (nSPS) is 34.3. The predicted molar refractivity (Wildman–Crippen MR) is 200 cm³/mol. The highest BCUT2D eigenvalue weighted by atomic mass is 31.2. The van der Waals surface area contributed by atoms with Crippen LogP contribution in [-0.2, 0) is 32.7 Å². The minimum Gasteiger partial charge on any atom is -0.504 e. The number of carbonyl (C=O) groups is 3. The van der Waals surface area contributed by atoms with Crippen LogP contribution in [0, 0.1) is 38.8 Å². The molecule has 288 valence electrons. The van der Waals surface area contributed by atoms with Gasteiger partial charge in [0.2, 0.25) is 5.78 Å². The lowest BCUT2D eigenvalue weighted by atomic mass is 9.34. The summed E-state index contributed by atoms with van der Waals surface area (Å²) < 4.78 is 44.4. The second-order valence-electron chi connectivity index (χ2n) is 17.1. The van der Waals surface area contributed by atoms with E-state index < -0.39 is 43.1 Å². The summed E-state index contributed by atoms with van der Waals surface area (Å²) in [4.78, 5) is 40.3. The molecule has 0 radical (unpaired) electrons. The molecule has 9 nitrogen and oxygen atoms in total. The molecule has 5 aliphatic carbocycles. The highest BCUT2D eigenvalue weighted by Crippen LogP contribution is 2.75. The molecular formula is C42H55FNO8P. The Morgan fingerprint density at radius 1 is 0.962 bits per heavy atom. The number of ether oxygens (including phenoxy) is 1. The zero-order chi connectivity index (χ0) is 38.8. The van der Waals surface area contributed by atoms with Crippen molar-refractivity contribution in [2.75, 3.05) is 19.8 Å². The molecule has 0 spiro atoms. The summed E-state index contributed by atoms with van der Waals surface area (Å²) in [6, 6.07) is 5.23. The third kappa shape index (κ3) is 6.30. The average Bonchev–Trinajstić information content (AvgIpc) is 3.11. The Labute approximate surface area is 313 Å². The van der Waals surface area contributed by atoms with Gasteiger partial charge in [0.1, 0.15) is 5.82 Å². The molecular weight excluding hydrogens is 696 g/mol. The van der Waals surface area contributed by atoms with Crippen LogP contribution in [0.4, 0.5) is 4.39 Å². The second-order valence-corrected chi connectivity index (χ2v) is 19.2. The number of benzene rings is 1. The van der Waals surface area contributed by atoms with Crippen molar-refractivity contribution in [1.82, 2.24) is 5.32 Å². The fraction of sp³-hybridized carbons (Fsp3) is 0.595. The van der Waals surface area contributed by atoms with E-state index in [1.807, 2.05) is 13.8 Å². The number of fused-ring (bicyclic) bond motifs is 7. The lowest BCUT2D eigenvalue weighted by molar-refractivity contribution is -0.183. The number of carbonyl (C=O) groups excluding carboxylic acids is 3. The van der Waals surface area contributed by atoms with E-state index in [1.54, 1.807) is 19.9 Å². The molecule has 0 aromatic heterocycles. The number of hydrogen-bond donors (Lipinski definition) is 2. The summed E-state index contributed by atoms with van der Waals surface area (Å²) in [5.74, 6) is -3.19. The molecule has 3 fully saturated rings. The number of esters is 1. The largest absolute Gasteiger partial charge is 0.504 e. The fourth-order valence-electron chi connectivity index (χ4n) is 10.7. The van der Waals surface area contributed by atoms with E-state index in [2.05, 4.69) is 45.2 Å². The van der Waals surface area contributed by atoms with Crippen LogP contribution >= 0.6 is 7.60 Å². The van der Waals surface area contributed by atoms with Gasteiger partial charge >= 0.3 is 13.6 Å². The van der Waals surface area contributed by atoms with Gasteiger partial charge in [0.25, 0.3) is 5.91 Å². The van der Waals surface area contributed by atoms with Crippen molar-refractivity contribution >= 4 is 25.3 Å².